The minimum Gasteiger partial charge on any atom is -0.394 e. The van der Waals surface area contributed by atoms with Crippen molar-refractivity contribution in [3.8, 4) is 0 Å². The molecule has 0 saturated carbocycles. The number of rotatable bonds is 32. The van der Waals surface area contributed by atoms with Crippen molar-refractivity contribution in [1.82, 2.24) is 10.6 Å². The highest BCUT2D eigenvalue weighted by Gasteiger charge is 2.44. The Hall–Kier alpha value is -2.16. The Balaban J connectivity index is 1.73. The molecule has 1 aromatic carbocycles. The molecule has 0 bridgehead atoms. The van der Waals surface area contributed by atoms with Crippen molar-refractivity contribution in [3.63, 3.8) is 0 Å². The largest absolute Gasteiger partial charge is 0.394 e. The lowest BCUT2D eigenvalue weighted by Crippen LogP contribution is -2.60. The van der Waals surface area contributed by atoms with E-state index in [1.165, 1.54) is 63.4 Å². The number of unbranched alkanes of at least 4 members (excludes halogenated alkanes) is 15. The monoisotopic (exact) mass is 767 g/mol. The third-order valence-electron chi connectivity index (χ3n) is 10.4. The number of hydrogen-bond donors (Lipinski definition) is 8. The van der Waals surface area contributed by atoms with Gasteiger partial charge in [-0.15, -0.1) is 0 Å². The summed E-state index contributed by atoms with van der Waals surface area (Å²) in [5.74, 6) is -0.458. The van der Waals surface area contributed by atoms with Crippen LogP contribution in [0.4, 0.5) is 0 Å². The summed E-state index contributed by atoms with van der Waals surface area (Å²) in [7, 11) is 0. The molecule has 0 aliphatic carbocycles. The number of carbonyl (C=O) groups is 2. The van der Waals surface area contributed by atoms with E-state index in [4.69, 9.17) is 9.47 Å². The van der Waals surface area contributed by atoms with Crippen molar-refractivity contribution < 1.29 is 49.7 Å². The van der Waals surface area contributed by atoms with Crippen LogP contribution in [-0.4, -0.2) is 111 Å². The molecule has 0 aromatic heterocycles. The molecule has 12 nitrogen and oxygen atoms in total. The third-order valence-corrected chi connectivity index (χ3v) is 10.4. The zero-order valence-electron chi connectivity index (χ0n) is 33.0. The second kappa shape index (κ2) is 30.0. The Bertz CT molecular complexity index is 1080. The fourth-order valence-electron chi connectivity index (χ4n) is 6.89. The maximum Gasteiger partial charge on any atom is 0.220 e. The SMILES string of the molecule is CCCCCCCCCCCCCCCC(=O)N[C@@H](CO[C@H]1OC(CO)[C@H](O)[C@H](O)C1O)[C@H](O)[C@H](O)CCCC(=O)NCCCCCCc1ccccc1. The van der Waals surface area contributed by atoms with Crippen LogP contribution < -0.4 is 10.6 Å². The Labute approximate surface area is 324 Å². The van der Waals surface area contributed by atoms with Gasteiger partial charge in [-0.1, -0.05) is 127 Å². The van der Waals surface area contributed by atoms with Gasteiger partial charge < -0.3 is 50.7 Å². The molecule has 2 rings (SSSR count). The van der Waals surface area contributed by atoms with Crippen molar-refractivity contribution in [1.29, 1.82) is 0 Å². The number of carbonyl (C=O) groups excluding carboxylic acids is 2. The van der Waals surface area contributed by atoms with E-state index in [9.17, 15) is 40.2 Å². The first kappa shape index (κ1) is 48.0. The molecule has 1 aliphatic rings. The number of benzene rings is 1. The standard InChI is InChI=1S/C42H74N2O10/c1-2-3-4-5-6-7-8-9-10-11-12-13-20-27-37(48)44-33(31-53-42-41(52)40(51)39(50)35(30-45)54-42)38(49)34(46)26-22-28-36(47)43-29-21-15-14-17-23-32-24-18-16-19-25-32/h16,18-19,24-25,33-35,38-42,45-46,49-52H,2-15,17,20-23,26-31H2,1H3,(H,43,47)(H,44,48)/t33-,34+,35?,38-,39-,40-,41?,42-/m0/s1. The lowest BCUT2D eigenvalue weighted by molar-refractivity contribution is -0.303. The second-order valence-corrected chi connectivity index (χ2v) is 15.1. The topological polar surface area (TPSA) is 198 Å². The van der Waals surface area contributed by atoms with Gasteiger partial charge in [0.25, 0.3) is 0 Å². The van der Waals surface area contributed by atoms with Crippen molar-refractivity contribution in [2.45, 2.75) is 197 Å². The van der Waals surface area contributed by atoms with Crippen LogP contribution in [0.1, 0.15) is 147 Å². The van der Waals surface area contributed by atoms with Gasteiger partial charge in [-0.3, -0.25) is 9.59 Å². The van der Waals surface area contributed by atoms with Crippen LogP contribution in [0.5, 0.6) is 0 Å². The number of amides is 2. The quantitative estimate of drug-likeness (QED) is 0.0481. The van der Waals surface area contributed by atoms with Crippen LogP contribution in [0, 0.1) is 0 Å². The molecule has 8 N–H and O–H groups in total. The van der Waals surface area contributed by atoms with Gasteiger partial charge in [0.15, 0.2) is 6.29 Å². The lowest BCUT2D eigenvalue weighted by atomic mass is 9.99. The van der Waals surface area contributed by atoms with E-state index < -0.39 is 62.2 Å². The normalized spacial score (nSPS) is 21.7. The van der Waals surface area contributed by atoms with E-state index in [1.54, 1.807) is 0 Å². The maximum absolute atomic E-state index is 12.9. The fourth-order valence-corrected chi connectivity index (χ4v) is 6.89. The minimum absolute atomic E-state index is 0.0966. The Morgan fingerprint density at radius 2 is 1.30 bits per heavy atom. The number of ether oxygens (including phenoxy) is 2. The van der Waals surface area contributed by atoms with Crippen LogP contribution in [-0.2, 0) is 25.5 Å². The number of hydrogen-bond acceptors (Lipinski definition) is 10. The average Bonchev–Trinajstić information content (AvgIpc) is 3.17. The summed E-state index contributed by atoms with van der Waals surface area (Å²) in [4.78, 5) is 25.3. The van der Waals surface area contributed by atoms with E-state index in [0.29, 0.717) is 19.4 Å². The summed E-state index contributed by atoms with van der Waals surface area (Å²) in [5.41, 5.74) is 1.33. The highest BCUT2D eigenvalue weighted by molar-refractivity contribution is 5.76. The summed E-state index contributed by atoms with van der Waals surface area (Å²) in [6.07, 6.45) is 11.1. The molecule has 12 heteroatoms. The van der Waals surface area contributed by atoms with Gasteiger partial charge in [0.2, 0.25) is 11.8 Å². The lowest BCUT2D eigenvalue weighted by Gasteiger charge is -2.40. The Morgan fingerprint density at radius 3 is 1.93 bits per heavy atom. The molecule has 0 radical (unpaired) electrons. The third kappa shape index (κ3) is 20.7. The molecule has 2 unspecified atom stereocenters. The molecule has 8 atom stereocenters. The van der Waals surface area contributed by atoms with Crippen molar-refractivity contribution in [3.05, 3.63) is 35.9 Å². The first-order valence-corrected chi connectivity index (χ1v) is 21.1. The van der Waals surface area contributed by atoms with Crippen molar-refractivity contribution in [2.75, 3.05) is 19.8 Å². The van der Waals surface area contributed by atoms with E-state index in [-0.39, 0.29) is 31.1 Å². The van der Waals surface area contributed by atoms with Gasteiger partial charge in [0.05, 0.1) is 25.4 Å². The van der Waals surface area contributed by atoms with E-state index >= 15 is 0 Å². The van der Waals surface area contributed by atoms with E-state index in [2.05, 4.69) is 29.7 Å². The maximum atomic E-state index is 12.9. The van der Waals surface area contributed by atoms with Gasteiger partial charge in [-0.2, -0.15) is 0 Å². The zero-order valence-corrected chi connectivity index (χ0v) is 33.0. The molecule has 0 spiro atoms. The zero-order chi connectivity index (χ0) is 39.4. The summed E-state index contributed by atoms with van der Waals surface area (Å²) in [5, 5.41) is 67.8. The minimum atomic E-state index is -1.65. The van der Waals surface area contributed by atoms with Gasteiger partial charge in [-0.25, -0.2) is 0 Å². The number of aliphatic hydroxyl groups excluding tert-OH is 6. The predicted octanol–water partition coefficient (Wildman–Crippen LogP) is 4.58. The van der Waals surface area contributed by atoms with Gasteiger partial charge in [0.1, 0.15) is 30.5 Å². The van der Waals surface area contributed by atoms with Crippen LogP contribution in [0.25, 0.3) is 0 Å². The smallest absolute Gasteiger partial charge is 0.220 e. The molecular formula is C42H74N2O10. The van der Waals surface area contributed by atoms with E-state index in [1.807, 2.05) is 18.2 Å². The van der Waals surface area contributed by atoms with Crippen molar-refractivity contribution >= 4 is 11.8 Å². The number of aliphatic hydroxyl groups is 6. The number of aryl methyl sites for hydroxylation is 1. The predicted molar refractivity (Wildman–Crippen MR) is 209 cm³/mol. The number of nitrogens with one attached hydrogen (secondary N) is 2. The highest BCUT2D eigenvalue weighted by atomic mass is 16.7. The van der Waals surface area contributed by atoms with E-state index in [0.717, 1.165) is 51.4 Å². The molecule has 2 amide bonds. The summed E-state index contributed by atoms with van der Waals surface area (Å²) in [6.45, 7) is 1.79. The summed E-state index contributed by atoms with van der Waals surface area (Å²) >= 11 is 0. The summed E-state index contributed by atoms with van der Waals surface area (Å²) in [6, 6.07) is 9.27. The molecule has 1 aromatic rings. The van der Waals surface area contributed by atoms with Crippen LogP contribution in [0.15, 0.2) is 30.3 Å². The fraction of sp³-hybridized carbons (Fsp3) is 0.810. The molecular weight excluding hydrogens is 692 g/mol. The molecule has 1 heterocycles. The molecule has 312 valence electrons. The Kier molecular flexibility index (Phi) is 26.7. The van der Waals surface area contributed by atoms with Gasteiger partial charge >= 0.3 is 0 Å². The van der Waals surface area contributed by atoms with Crippen LogP contribution >= 0.6 is 0 Å². The molecule has 1 saturated heterocycles. The van der Waals surface area contributed by atoms with Crippen LogP contribution in [0.3, 0.4) is 0 Å². The van der Waals surface area contributed by atoms with Gasteiger partial charge in [-0.05, 0) is 44.1 Å². The second-order valence-electron chi connectivity index (χ2n) is 15.1. The molecule has 1 fully saturated rings. The highest BCUT2D eigenvalue weighted by Crippen LogP contribution is 2.23. The Morgan fingerprint density at radius 1 is 0.722 bits per heavy atom. The first-order valence-electron chi connectivity index (χ1n) is 21.1. The van der Waals surface area contributed by atoms with Gasteiger partial charge in [0, 0.05) is 19.4 Å². The van der Waals surface area contributed by atoms with Crippen molar-refractivity contribution in [2.24, 2.45) is 0 Å². The molecule has 54 heavy (non-hydrogen) atoms. The summed E-state index contributed by atoms with van der Waals surface area (Å²) < 4.78 is 11.1. The molecule has 1 aliphatic heterocycles. The average molecular weight is 767 g/mol. The first-order chi connectivity index (χ1) is 26.2. The van der Waals surface area contributed by atoms with Crippen LogP contribution in [0.2, 0.25) is 0 Å².